The van der Waals surface area contributed by atoms with Crippen LogP contribution in [0.5, 0.6) is 5.75 Å². The van der Waals surface area contributed by atoms with E-state index in [1.807, 2.05) is 0 Å². The van der Waals surface area contributed by atoms with Crippen molar-refractivity contribution >= 4 is 21.8 Å². The maximum atomic E-state index is 11.7. The standard InChI is InChI=1S/C12H14BrNO2/c1-12(4-5-12)7-14-11(16)8-2-3-9(13)10(15)6-8/h2-3,6,15H,4-5,7H2,1H3,(H,14,16). The van der Waals surface area contributed by atoms with Gasteiger partial charge < -0.3 is 10.4 Å². The van der Waals surface area contributed by atoms with Crippen molar-refractivity contribution < 1.29 is 9.90 Å². The van der Waals surface area contributed by atoms with Crippen LogP contribution in [0.4, 0.5) is 0 Å². The zero-order chi connectivity index (χ0) is 11.8. The molecule has 0 saturated heterocycles. The zero-order valence-corrected chi connectivity index (χ0v) is 10.7. The summed E-state index contributed by atoms with van der Waals surface area (Å²) >= 11 is 3.18. The van der Waals surface area contributed by atoms with E-state index in [-0.39, 0.29) is 11.7 Å². The van der Waals surface area contributed by atoms with E-state index < -0.39 is 0 Å². The van der Waals surface area contributed by atoms with Crippen molar-refractivity contribution in [3.63, 3.8) is 0 Å². The zero-order valence-electron chi connectivity index (χ0n) is 9.09. The molecule has 86 valence electrons. The molecule has 0 heterocycles. The van der Waals surface area contributed by atoms with E-state index in [4.69, 9.17) is 0 Å². The first kappa shape index (κ1) is 11.5. The summed E-state index contributed by atoms with van der Waals surface area (Å²) in [5.41, 5.74) is 0.789. The highest BCUT2D eigenvalue weighted by Gasteiger charge is 2.37. The molecule has 1 aromatic rings. The number of nitrogens with one attached hydrogen (secondary N) is 1. The summed E-state index contributed by atoms with van der Waals surface area (Å²) in [4.78, 5) is 11.7. The van der Waals surface area contributed by atoms with Crippen LogP contribution in [-0.4, -0.2) is 17.6 Å². The van der Waals surface area contributed by atoms with E-state index in [2.05, 4.69) is 28.2 Å². The molecule has 0 atom stereocenters. The van der Waals surface area contributed by atoms with Crippen molar-refractivity contribution in [2.45, 2.75) is 19.8 Å². The van der Waals surface area contributed by atoms with Crippen LogP contribution in [0, 0.1) is 5.41 Å². The molecule has 1 aliphatic carbocycles. The Bertz CT molecular complexity index is 427. The Morgan fingerprint density at radius 2 is 2.25 bits per heavy atom. The lowest BCUT2D eigenvalue weighted by Gasteiger charge is -2.10. The van der Waals surface area contributed by atoms with Crippen molar-refractivity contribution in [1.29, 1.82) is 0 Å². The highest BCUT2D eigenvalue weighted by Crippen LogP contribution is 2.44. The van der Waals surface area contributed by atoms with E-state index in [0.717, 1.165) is 0 Å². The lowest BCUT2D eigenvalue weighted by atomic mass is 10.1. The Labute approximate surface area is 103 Å². The molecule has 1 aromatic carbocycles. The summed E-state index contributed by atoms with van der Waals surface area (Å²) < 4.78 is 0.596. The lowest BCUT2D eigenvalue weighted by molar-refractivity contribution is 0.0945. The van der Waals surface area contributed by atoms with E-state index >= 15 is 0 Å². The number of phenolic OH excluding ortho intramolecular Hbond substituents is 1. The van der Waals surface area contributed by atoms with Crippen LogP contribution < -0.4 is 5.32 Å². The number of aromatic hydroxyl groups is 1. The molecule has 0 aliphatic heterocycles. The molecule has 3 nitrogen and oxygen atoms in total. The molecule has 1 fully saturated rings. The molecular weight excluding hydrogens is 270 g/mol. The smallest absolute Gasteiger partial charge is 0.251 e. The van der Waals surface area contributed by atoms with Crippen LogP contribution in [0.25, 0.3) is 0 Å². The molecule has 2 N–H and O–H groups in total. The minimum absolute atomic E-state index is 0.0882. The number of carbonyl (C=O) groups is 1. The Morgan fingerprint density at radius 3 is 2.81 bits per heavy atom. The number of phenols is 1. The molecule has 0 spiro atoms. The van der Waals surface area contributed by atoms with Crippen molar-refractivity contribution in [3.8, 4) is 5.75 Å². The summed E-state index contributed by atoms with van der Waals surface area (Å²) in [6.07, 6.45) is 2.36. The van der Waals surface area contributed by atoms with Gasteiger partial charge in [0.15, 0.2) is 0 Å². The first-order valence-electron chi connectivity index (χ1n) is 5.27. The van der Waals surface area contributed by atoms with Crippen molar-refractivity contribution in [2.75, 3.05) is 6.54 Å². The highest BCUT2D eigenvalue weighted by atomic mass is 79.9. The molecular formula is C12H14BrNO2. The number of halogens is 1. The van der Waals surface area contributed by atoms with E-state index in [1.165, 1.54) is 18.9 Å². The van der Waals surface area contributed by atoms with Crippen molar-refractivity contribution in [3.05, 3.63) is 28.2 Å². The van der Waals surface area contributed by atoms with Gasteiger partial charge in [-0.3, -0.25) is 4.79 Å². The Hall–Kier alpha value is -1.03. The van der Waals surface area contributed by atoms with Crippen LogP contribution in [-0.2, 0) is 0 Å². The summed E-state index contributed by atoms with van der Waals surface area (Å²) in [5, 5.41) is 12.3. The van der Waals surface area contributed by atoms with Crippen LogP contribution in [0.2, 0.25) is 0 Å². The fourth-order valence-electron chi connectivity index (χ4n) is 1.44. The molecule has 0 unspecified atom stereocenters. The van der Waals surface area contributed by atoms with E-state index in [9.17, 15) is 9.90 Å². The normalized spacial score (nSPS) is 16.9. The third kappa shape index (κ3) is 2.55. The van der Waals surface area contributed by atoms with Gasteiger partial charge >= 0.3 is 0 Å². The number of rotatable bonds is 3. The predicted octanol–water partition coefficient (Wildman–Crippen LogP) is 2.68. The maximum Gasteiger partial charge on any atom is 0.251 e. The first-order valence-corrected chi connectivity index (χ1v) is 6.06. The highest BCUT2D eigenvalue weighted by molar-refractivity contribution is 9.10. The molecule has 2 rings (SSSR count). The fourth-order valence-corrected chi connectivity index (χ4v) is 1.69. The molecule has 16 heavy (non-hydrogen) atoms. The SMILES string of the molecule is CC1(CNC(=O)c2ccc(Br)c(O)c2)CC1. The molecule has 1 aliphatic rings. The first-order chi connectivity index (χ1) is 7.50. The molecule has 1 saturated carbocycles. The Balaban J connectivity index is 2.00. The van der Waals surface area contributed by atoms with Crippen LogP contribution in [0.3, 0.4) is 0 Å². The summed E-state index contributed by atoms with van der Waals surface area (Å²) in [6.45, 7) is 2.87. The van der Waals surface area contributed by atoms with Crippen LogP contribution in [0.15, 0.2) is 22.7 Å². The average Bonchev–Trinajstić information content (AvgIpc) is 2.98. The van der Waals surface area contributed by atoms with Crippen molar-refractivity contribution in [2.24, 2.45) is 5.41 Å². The third-order valence-electron chi connectivity index (χ3n) is 2.99. The topological polar surface area (TPSA) is 49.3 Å². The number of carbonyl (C=O) groups excluding carboxylic acids is 1. The second-order valence-corrected chi connectivity index (χ2v) is 5.51. The van der Waals surface area contributed by atoms with Gasteiger partial charge in [-0.15, -0.1) is 0 Å². The second kappa shape index (κ2) is 4.09. The largest absolute Gasteiger partial charge is 0.507 e. The number of benzene rings is 1. The average molecular weight is 284 g/mol. The number of hydrogen-bond donors (Lipinski definition) is 2. The number of amides is 1. The van der Waals surface area contributed by atoms with Gasteiger partial charge in [-0.05, 0) is 52.4 Å². The molecule has 0 radical (unpaired) electrons. The molecule has 0 bridgehead atoms. The van der Waals surface area contributed by atoms with Gasteiger partial charge in [0.05, 0.1) is 4.47 Å². The predicted molar refractivity (Wildman–Crippen MR) is 65.5 cm³/mol. The van der Waals surface area contributed by atoms with E-state index in [0.29, 0.717) is 22.0 Å². The monoisotopic (exact) mass is 283 g/mol. The minimum Gasteiger partial charge on any atom is -0.507 e. The molecule has 1 amide bonds. The van der Waals surface area contributed by atoms with Gasteiger partial charge in [0.2, 0.25) is 0 Å². The van der Waals surface area contributed by atoms with Gasteiger partial charge in [-0.25, -0.2) is 0 Å². The quantitative estimate of drug-likeness (QED) is 0.896. The summed E-state index contributed by atoms with van der Waals surface area (Å²) in [6, 6.07) is 4.83. The Kier molecular flexibility index (Phi) is 2.93. The molecule has 4 heteroatoms. The van der Waals surface area contributed by atoms with E-state index in [1.54, 1.807) is 12.1 Å². The van der Waals surface area contributed by atoms with Gasteiger partial charge in [0, 0.05) is 12.1 Å². The Morgan fingerprint density at radius 1 is 1.56 bits per heavy atom. The third-order valence-corrected chi connectivity index (χ3v) is 3.66. The lowest BCUT2D eigenvalue weighted by Crippen LogP contribution is -2.28. The maximum absolute atomic E-state index is 11.7. The van der Waals surface area contributed by atoms with Gasteiger partial charge in [-0.2, -0.15) is 0 Å². The van der Waals surface area contributed by atoms with Crippen LogP contribution >= 0.6 is 15.9 Å². The van der Waals surface area contributed by atoms with Crippen LogP contribution in [0.1, 0.15) is 30.1 Å². The van der Waals surface area contributed by atoms with Gasteiger partial charge in [0.1, 0.15) is 5.75 Å². The second-order valence-electron chi connectivity index (χ2n) is 4.66. The van der Waals surface area contributed by atoms with Crippen molar-refractivity contribution in [1.82, 2.24) is 5.32 Å². The molecule has 0 aromatic heterocycles. The minimum atomic E-state index is -0.129. The summed E-state index contributed by atoms with van der Waals surface area (Å²) in [7, 11) is 0. The van der Waals surface area contributed by atoms with Gasteiger partial charge in [0.25, 0.3) is 5.91 Å². The number of hydrogen-bond acceptors (Lipinski definition) is 2. The van der Waals surface area contributed by atoms with Gasteiger partial charge in [-0.1, -0.05) is 6.92 Å². The fraction of sp³-hybridized carbons (Fsp3) is 0.417. The summed E-state index contributed by atoms with van der Waals surface area (Å²) in [5.74, 6) is -0.0405.